The van der Waals surface area contributed by atoms with Gasteiger partial charge in [0.2, 0.25) is 5.28 Å². The largest absolute Gasteiger partial charge is 0.343 e. The highest BCUT2D eigenvalue weighted by molar-refractivity contribution is 6.28. The number of rotatable bonds is 2. The number of nitrogens with zero attached hydrogens (tertiary/aromatic N) is 5. The first kappa shape index (κ1) is 13.4. The number of fused-ring (bicyclic) bond motifs is 1. The average Bonchev–Trinajstić information content (AvgIpc) is 2.96. The molecule has 1 aliphatic heterocycles. The van der Waals surface area contributed by atoms with E-state index in [1.165, 1.54) is 12.8 Å². The zero-order valence-electron chi connectivity index (χ0n) is 11.7. The van der Waals surface area contributed by atoms with Crippen molar-refractivity contribution in [3.8, 4) is 0 Å². The third kappa shape index (κ3) is 1.98. The number of amides is 2. The van der Waals surface area contributed by atoms with Crippen LogP contribution in [0.3, 0.4) is 0 Å². The second-order valence-corrected chi connectivity index (χ2v) is 5.53. The van der Waals surface area contributed by atoms with Gasteiger partial charge in [-0.1, -0.05) is 12.8 Å². The summed E-state index contributed by atoms with van der Waals surface area (Å²) in [4.78, 5) is 22.4. The Balaban J connectivity index is 2.11. The number of hydrogen-bond acceptors (Lipinski definition) is 4. The van der Waals surface area contributed by atoms with Crippen molar-refractivity contribution < 1.29 is 4.79 Å². The maximum absolute atomic E-state index is 12.5. The van der Waals surface area contributed by atoms with Crippen molar-refractivity contribution >= 4 is 29.1 Å². The van der Waals surface area contributed by atoms with Crippen LogP contribution in [0.15, 0.2) is 6.20 Å². The molecule has 1 aliphatic carbocycles. The van der Waals surface area contributed by atoms with Crippen LogP contribution >= 0.6 is 11.6 Å². The fourth-order valence-corrected chi connectivity index (χ4v) is 3.17. The van der Waals surface area contributed by atoms with E-state index in [2.05, 4.69) is 9.97 Å². The van der Waals surface area contributed by atoms with Gasteiger partial charge in [-0.15, -0.1) is 0 Å². The lowest BCUT2D eigenvalue weighted by Crippen LogP contribution is -2.59. The first-order valence-electron chi connectivity index (χ1n) is 7.00. The van der Waals surface area contributed by atoms with E-state index >= 15 is 0 Å². The highest BCUT2D eigenvalue weighted by Crippen LogP contribution is 2.38. The van der Waals surface area contributed by atoms with Gasteiger partial charge in [0, 0.05) is 13.6 Å². The highest BCUT2D eigenvalue weighted by atomic mass is 35.5. The summed E-state index contributed by atoms with van der Waals surface area (Å²) in [5, 5.41) is 3.99. The molecule has 0 atom stereocenters. The van der Waals surface area contributed by atoms with Gasteiger partial charge in [0.25, 0.3) is 0 Å². The summed E-state index contributed by atoms with van der Waals surface area (Å²) in [6.07, 6.45) is 6.16. The molecule has 0 N–H and O–H groups in total. The maximum atomic E-state index is 12.5. The van der Waals surface area contributed by atoms with Gasteiger partial charge in [0.1, 0.15) is 5.69 Å². The van der Waals surface area contributed by atoms with Crippen LogP contribution < -0.4 is 9.91 Å². The summed E-state index contributed by atoms with van der Waals surface area (Å²) >= 11 is 5.95. The number of carbonyl (C=O) groups excluding carboxylic acids is 1. The molecule has 108 valence electrons. The number of urea groups is 1. The van der Waals surface area contributed by atoms with E-state index in [0.29, 0.717) is 12.6 Å². The lowest BCUT2D eigenvalue weighted by molar-refractivity contribution is 0.191. The molecule has 0 radical (unpaired) electrons. The van der Waals surface area contributed by atoms with E-state index in [-0.39, 0.29) is 11.3 Å². The molecule has 2 amide bonds. The van der Waals surface area contributed by atoms with Crippen LogP contribution in [0.5, 0.6) is 0 Å². The summed E-state index contributed by atoms with van der Waals surface area (Å²) in [6.45, 7) is 2.59. The lowest BCUT2D eigenvalue weighted by atomic mass is 10.2. The van der Waals surface area contributed by atoms with Crippen LogP contribution in [-0.2, 0) is 0 Å². The fraction of sp³-hybridized carbons (Fsp3) is 0.615. The van der Waals surface area contributed by atoms with Crippen molar-refractivity contribution in [2.24, 2.45) is 0 Å². The minimum atomic E-state index is -0.0437. The normalized spacial score (nSPS) is 19.8. The molecule has 1 saturated carbocycles. The monoisotopic (exact) mass is 295 g/mol. The maximum Gasteiger partial charge on any atom is 0.343 e. The first-order valence-corrected chi connectivity index (χ1v) is 7.38. The van der Waals surface area contributed by atoms with Crippen molar-refractivity contribution in [1.29, 1.82) is 0 Å². The molecule has 0 aromatic carbocycles. The van der Waals surface area contributed by atoms with E-state index in [0.717, 1.165) is 24.3 Å². The van der Waals surface area contributed by atoms with Gasteiger partial charge in [0.05, 0.1) is 12.2 Å². The Morgan fingerprint density at radius 3 is 2.75 bits per heavy atom. The summed E-state index contributed by atoms with van der Waals surface area (Å²) in [5.74, 6) is 0.737. The van der Waals surface area contributed by atoms with Gasteiger partial charge in [-0.05, 0) is 31.4 Å². The van der Waals surface area contributed by atoms with Gasteiger partial charge in [-0.3, -0.25) is 9.91 Å². The molecule has 1 fully saturated rings. The van der Waals surface area contributed by atoms with Crippen LogP contribution in [0.25, 0.3) is 0 Å². The molecule has 6 nitrogen and oxygen atoms in total. The third-order valence-electron chi connectivity index (χ3n) is 4.04. The van der Waals surface area contributed by atoms with Gasteiger partial charge in [0.15, 0.2) is 5.82 Å². The molecule has 7 heteroatoms. The lowest BCUT2D eigenvalue weighted by Gasteiger charge is -2.45. The Kier molecular flexibility index (Phi) is 3.41. The SMILES string of the molecule is CCN1C(=O)N(C)c2cnc(Cl)nc2N1C1CCCC1. The van der Waals surface area contributed by atoms with Gasteiger partial charge in [-0.25, -0.2) is 14.8 Å². The van der Waals surface area contributed by atoms with Crippen LogP contribution in [0, 0.1) is 0 Å². The molecular weight excluding hydrogens is 278 g/mol. The summed E-state index contributed by atoms with van der Waals surface area (Å²) in [5.41, 5.74) is 0.719. The van der Waals surface area contributed by atoms with Crippen molar-refractivity contribution in [3.05, 3.63) is 11.5 Å². The second kappa shape index (κ2) is 5.09. The van der Waals surface area contributed by atoms with Crippen LogP contribution in [-0.4, -0.2) is 40.6 Å². The van der Waals surface area contributed by atoms with Crippen molar-refractivity contribution in [3.63, 3.8) is 0 Å². The van der Waals surface area contributed by atoms with E-state index in [9.17, 15) is 4.79 Å². The molecule has 0 unspecified atom stereocenters. The van der Waals surface area contributed by atoms with E-state index in [1.54, 1.807) is 23.2 Å². The minimum Gasteiger partial charge on any atom is -0.291 e. The van der Waals surface area contributed by atoms with E-state index in [4.69, 9.17) is 11.6 Å². The van der Waals surface area contributed by atoms with Gasteiger partial charge >= 0.3 is 6.03 Å². The zero-order chi connectivity index (χ0) is 14.3. The highest BCUT2D eigenvalue weighted by Gasteiger charge is 2.39. The number of hydrazine groups is 1. The van der Waals surface area contributed by atoms with Crippen LogP contribution in [0.1, 0.15) is 32.6 Å². The molecule has 20 heavy (non-hydrogen) atoms. The van der Waals surface area contributed by atoms with E-state index in [1.807, 2.05) is 11.9 Å². The third-order valence-corrected chi connectivity index (χ3v) is 4.22. The Morgan fingerprint density at radius 2 is 2.10 bits per heavy atom. The molecular formula is C13H18ClN5O. The Labute approximate surface area is 123 Å². The molecule has 1 aromatic rings. The van der Waals surface area contributed by atoms with Gasteiger partial charge in [-0.2, -0.15) is 4.98 Å². The fourth-order valence-electron chi connectivity index (χ4n) is 3.04. The predicted molar refractivity (Wildman–Crippen MR) is 78.0 cm³/mol. The number of anilines is 2. The number of halogens is 1. The van der Waals surface area contributed by atoms with Crippen molar-refractivity contribution in [1.82, 2.24) is 15.0 Å². The molecule has 1 aromatic heterocycles. The molecule has 2 heterocycles. The summed E-state index contributed by atoms with van der Waals surface area (Å²) in [6, 6.07) is 0.273. The summed E-state index contributed by atoms with van der Waals surface area (Å²) < 4.78 is 0. The molecule has 0 saturated heterocycles. The van der Waals surface area contributed by atoms with Crippen molar-refractivity contribution in [2.45, 2.75) is 38.6 Å². The molecule has 0 spiro atoms. The summed E-state index contributed by atoms with van der Waals surface area (Å²) in [7, 11) is 1.74. The number of aromatic nitrogens is 2. The minimum absolute atomic E-state index is 0.0437. The van der Waals surface area contributed by atoms with E-state index < -0.39 is 0 Å². The average molecular weight is 296 g/mol. The molecule has 3 rings (SSSR count). The second-order valence-electron chi connectivity index (χ2n) is 5.19. The number of carbonyl (C=O) groups is 1. The number of hydrogen-bond donors (Lipinski definition) is 0. The Morgan fingerprint density at radius 1 is 1.40 bits per heavy atom. The van der Waals surface area contributed by atoms with Gasteiger partial charge < -0.3 is 0 Å². The van der Waals surface area contributed by atoms with Crippen molar-refractivity contribution in [2.75, 3.05) is 23.5 Å². The smallest absolute Gasteiger partial charge is 0.291 e. The predicted octanol–water partition coefficient (Wildman–Crippen LogP) is 2.69. The molecule has 2 aliphatic rings. The molecule has 0 bridgehead atoms. The van der Waals surface area contributed by atoms with Crippen LogP contribution in [0.4, 0.5) is 16.3 Å². The Hall–Kier alpha value is -1.56. The first-order chi connectivity index (χ1) is 9.63. The Bertz CT molecular complexity index is 531. The quantitative estimate of drug-likeness (QED) is 0.787. The standard InChI is InChI=1S/C13H18ClN5O/c1-3-18-13(20)17(2)10-8-15-12(14)16-11(10)19(18)9-6-4-5-7-9/h8-9H,3-7H2,1-2H3. The van der Waals surface area contributed by atoms with Crippen LogP contribution in [0.2, 0.25) is 5.28 Å². The topological polar surface area (TPSA) is 52.6 Å². The zero-order valence-corrected chi connectivity index (χ0v) is 12.5.